The predicted octanol–water partition coefficient (Wildman–Crippen LogP) is 3.15. The molecule has 2 amide bonds. The molecule has 9 heteroatoms. The van der Waals surface area contributed by atoms with Crippen molar-refractivity contribution in [1.82, 2.24) is 9.88 Å². The highest BCUT2D eigenvalue weighted by molar-refractivity contribution is 7.09. The van der Waals surface area contributed by atoms with Gasteiger partial charge in [-0.15, -0.1) is 11.3 Å². The molecule has 0 spiro atoms. The number of nitrogens with two attached hydrogens (primary N) is 1. The second-order valence-corrected chi connectivity index (χ2v) is 7.45. The van der Waals surface area contributed by atoms with E-state index in [1.165, 1.54) is 11.3 Å². The van der Waals surface area contributed by atoms with Crippen LogP contribution in [0.2, 0.25) is 10.0 Å². The van der Waals surface area contributed by atoms with Crippen LogP contribution in [0, 0.1) is 0 Å². The largest absolute Gasteiger partial charge is 0.325 e. The Labute approximate surface area is 158 Å². The summed E-state index contributed by atoms with van der Waals surface area (Å²) in [6, 6.07) is 4.26. The lowest BCUT2D eigenvalue weighted by Crippen LogP contribution is -2.43. The second kappa shape index (κ2) is 7.70. The van der Waals surface area contributed by atoms with Gasteiger partial charge in [-0.1, -0.05) is 23.2 Å². The molecule has 0 saturated carbocycles. The van der Waals surface area contributed by atoms with E-state index in [4.69, 9.17) is 28.9 Å². The van der Waals surface area contributed by atoms with Crippen molar-refractivity contribution in [1.29, 1.82) is 0 Å². The van der Waals surface area contributed by atoms with Gasteiger partial charge in [-0.25, -0.2) is 4.98 Å². The number of aromatic nitrogens is 1. The van der Waals surface area contributed by atoms with E-state index in [2.05, 4.69) is 10.3 Å². The van der Waals surface area contributed by atoms with Gasteiger partial charge >= 0.3 is 0 Å². The Hall–Kier alpha value is -1.67. The van der Waals surface area contributed by atoms with Gasteiger partial charge in [0.2, 0.25) is 5.91 Å². The number of rotatable bonds is 4. The number of benzene rings is 1. The quantitative estimate of drug-likeness (QED) is 0.827. The van der Waals surface area contributed by atoms with Gasteiger partial charge in [0.25, 0.3) is 5.91 Å². The molecule has 2 heterocycles. The number of nitrogens with one attached hydrogen (secondary N) is 1. The van der Waals surface area contributed by atoms with Crippen LogP contribution in [-0.4, -0.2) is 34.3 Å². The Kier molecular flexibility index (Phi) is 5.58. The van der Waals surface area contributed by atoms with E-state index in [9.17, 15) is 9.59 Å². The van der Waals surface area contributed by atoms with Crippen LogP contribution in [0.15, 0.2) is 23.6 Å². The van der Waals surface area contributed by atoms with Crippen molar-refractivity contribution < 1.29 is 9.59 Å². The first-order valence-electron chi connectivity index (χ1n) is 7.70. The summed E-state index contributed by atoms with van der Waals surface area (Å²) in [4.78, 5) is 31.0. The van der Waals surface area contributed by atoms with E-state index in [-0.39, 0.29) is 18.4 Å². The van der Waals surface area contributed by atoms with Crippen molar-refractivity contribution >= 4 is 52.0 Å². The van der Waals surface area contributed by atoms with Crippen LogP contribution in [0.3, 0.4) is 0 Å². The summed E-state index contributed by atoms with van der Waals surface area (Å²) in [7, 11) is 0. The van der Waals surface area contributed by atoms with E-state index in [0.717, 1.165) is 6.42 Å². The SMILES string of the molecule is NCc1nc(C(=O)N2CCCC2C(=O)Nc2cc(Cl)cc(Cl)c2)cs1. The molecule has 0 bridgehead atoms. The number of hydrogen-bond donors (Lipinski definition) is 2. The summed E-state index contributed by atoms with van der Waals surface area (Å²) in [5, 5.41) is 6.00. The van der Waals surface area contributed by atoms with Crippen molar-refractivity contribution in [2.45, 2.75) is 25.4 Å². The maximum atomic E-state index is 12.7. The van der Waals surface area contributed by atoms with E-state index in [1.807, 2.05) is 0 Å². The van der Waals surface area contributed by atoms with Crippen LogP contribution < -0.4 is 11.1 Å². The fraction of sp³-hybridized carbons (Fsp3) is 0.312. The van der Waals surface area contributed by atoms with Crippen LogP contribution >= 0.6 is 34.5 Å². The number of amides is 2. The van der Waals surface area contributed by atoms with E-state index in [1.54, 1.807) is 28.5 Å². The first kappa shape index (κ1) is 18.1. The third-order valence-electron chi connectivity index (χ3n) is 3.89. The zero-order chi connectivity index (χ0) is 18.0. The van der Waals surface area contributed by atoms with Crippen molar-refractivity contribution in [3.8, 4) is 0 Å². The maximum absolute atomic E-state index is 12.7. The average molecular weight is 399 g/mol. The molecule has 25 heavy (non-hydrogen) atoms. The van der Waals surface area contributed by atoms with Crippen molar-refractivity contribution in [2.75, 3.05) is 11.9 Å². The van der Waals surface area contributed by atoms with Crippen LogP contribution in [0.25, 0.3) is 0 Å². The number of anilines is 1. The molecule has 1 aromatic carbocycles. The maximum Gasteiger partial charge on any atom is 0.274 e. The number of hydrogen-bond acceptors (Lipinski definition) is 5. The molecule has 132 valence electrons. The molecule has 1 atom stereocenters. The summed E-state index contributed by atoms with van der Waals surface area (Å²) in [5.41, 5.74) is 6.37. The third kappa shape index (κ3) is 4.12. The number of nitrogens with zero attached hydrogens (tertiary/aromatic N) is 2. The summed E-state index contributed by atoms with van der Waals surface area (Å²) in [5.74, 6) is -0.517. The number of carbonyl (C=O) groups is 2. The fourth-order valence-electron chi connectivity index (χ4n) is 2.78. The Bertz CT molecular complexity index is 791. The van der Waals surface area contributed by atoms with Gasteiger partial charge in [-0.2, -0.15) is 0 Å². The molecule has 1 saturated heterocycles. The molecule has 2 aromatic rings. The van der Waals surface area contributed by atoms with Crippen molar-refractivity contribution in [3.63, 3.8) is 0 Å². The number of likely N-dealkylation sites (tertiary alicyclic amines) is 1. The fourth-order valence-corrected chi connectivity index (χ4v) is 3.96. The molecule has 3 rings (SSSR count). The summed E-state index contributed by atoms with van der Waals surface area (Å²) in [6.45, 7) is 0.806. The lowest BCUT2D eigenvalue weighted by atomic mass is 10.2. The first-order chi connectivity index (χ1) is 12.0. The van der Waals surface area contributed by atoms with Crippen LogP contribution in [0.1, 0.15) is 28.3 Å². The third-order valence-corrected chi connectivity index (χ3v) is 5.20. The molecule has 1 fully saturated rings. The minimum Gasteiger partial charge on any atom is -0.325 e. The van der Waals surface area contributed by atoms with Crippen molar-refractivity contribution in [2.24, 2.45) is 5.73 Å². The zero-order valence-electron chi connectivity index (χ0n) is 13.2. The molecule has 1 aliphatic heterocycles. The molecule has 1 unspecified atom stereocenters. The average Bonchev–Trinajstić information content (AvgIpc) is 3.22. The van der Waals surface area contributed by atoms with E-state index in [0.29, 0.717) is 39.4 Å². The molecule has 0 aliphatic carbocycles. The highest BCUT2D eigenvalue weighted by Gasteiger charge is 2.35. The monoisotopic (exact) mass is 398 g/mol. The Morgan fingerprint density at radius 3 is 2.68 bits per heavy atom. The van der Waals surface area contributed by atoms with E-state index < -0.39 is 6.04 Å². The van der Waals surface area contributed by atoms with Gasteiger partial charge in [-0.3, -0.25) is 9.59 Å². The summed E-state index contributed by atoms with van der Waals surface area (Å²) in [6.07, 6.45) is 1.35. The topological polar surface area (TPSA) is 88.3 Å². The van der Waals surface area contributed by atoms with Crippen LogP contribution in [0.5, 0.6) is 0 Å². The molecule has 0 radical (unpaired) electrons. The Morgan fingerprint density at radius 2 is 2.04 bits per heavy atom. The summed E-state index contributed by atoms with van der Waals surface area (Å²) >= 11 is 13.2. The van der Waals surface area contributed by atoms with Gasteiger partial charge in [0.15, 0.2) is 0 Å². The lowest BCUT2D eigenvalue weighted by molar-refractivity contribution is -0.119. The molecular weight excluding hydrogens is 383 g/mol. The predicted molar refractivity (Wildman–Crippen MR) is 99.2 cm³/mol. The summed E-state index contributed by atoms with van der Waals surface area (Å²) < 4.78 is 0. The van der Waals surface area contributed by atoms with Gasteiger partial charge < -0.3 is 16.0 Å². The second-order valence-electron chi connectivity index (χ2n) is 5.63. The molecule has 3 N–H and O–H groups in total. The lowest BCUT2D eigenvalue weighted by Gasteiger charge is -2.23. The molecule has 1 aliphatic rings. The minimum atomic E-state index is -0.548. The number of carbonyl (C=O) groups excluding carboxylic acids is 2. The highest BCUT2D eigenvalue weighted by Crippen LogP contribution is 2.25. The van der Waals surface area contributed by atoms with E-state index >= 15 is 0 Å². The number of thiazole rings is 1. The van der Waals surface area contributed by atoms with Crippen LogP contribution in [-0.2, 0) is 11.3 Å². The molecule has 6 nitrogen and oxygen atoms in total. The number of halogens is 2. The standard InChI is InChI=1S/C16H16Cl2N4O2S/c17-9-4-10(18)6-11(5-9)20-15(23)13-2-1-3-22(13)16(24)12-8-25-14(7-19)21-12/h4-6,8,13H,1-3,7,19H2,(H,20,23). The Morgan fingerprint density at radius 1 is 1.32 bits per heavy atom. The van der Waals surface area contributed by atoms with Crippen LogP contribution in [0.4, 0.5) is 5.69 Å². The van der Waals surface area contributed by atoms with Gasteiger partial charge in [0, 0.05) is 34.2 Å². The van der Waals surface area contributed by atoms with Gasteiger partial charge in [-0.05, 0) is 31.0 Å². The molecule has 1 aromatic heterocycles. The molecular formula is C16H16Cl2N4O2S. The van der Waals surface area contributed by atoms with Gasteiger partial charge in [0.1, 0.15) is 16.7 Å². The van der Waals surface area contributed by atoms with Crippen molar-refractivity contribution in [3.05, 3.63) is 44.3 Å². The zero-order valence-corrected chi connectivity index (χ0v) is 15.5. The minimum absolute atomic E-state index is 0.252. The smallest absolute Gasteiger partial charge is 0.274 e. The Balaban J connectivity index is 1.74. The van der Waals surface area contributed by atoms with Gasteiger partial charge in [0.05, 0.1) is 0 Å². The normalized spacial score (nSPS) is 16.9. The first-order valence-corrected chi connectivity index (χ1v) is 9.34. The highest BCUT2D eigenvalue weighted by atomic mass is 35.5.